The zero-order chi connectivity index (χ0) is 28.2. The van der Waals surface area contributed by atoms with Crippen LogP contribution in [0.1, 0.15) is 38.7 Å². The maximum atomic E-state index is 13.3. The topological polar surface area (TPSA) is 110 Å². The van der Waals surface area contributed by atoms with Crippen LogP contribution >= 0.6 is 11.8 Å². The fourth-order valence-corrected chi connectivity index (χ4v) is 5.74. The molecule has 0 bridgehead atoms. The van der Waals surface area contributed by atoms with Crippen LogP contribution in [0.4, 0.5) is 0 Å². The SMILES string of the molecule is O=C(CSc1nnc(CCCN2C(=O)c3cccc4cccc(c34)C2=O)n1-c1ccccc1)NCc1ccccn1. The molecule has 0 aliphatic carbocycles. The molecule has 10 heteroatoms. The lowest BCUT2D eigenvalue weighted by molar-refractivity contribution is -0.118. The van der Waals surface area contributed by atoms with Crippen molar-refractivity contribution in [3.63, 3.8) is 0 Å². The molecule has 3 heterocycles. The second-order valence-electron chi connectivity index (χ2n) is 9.53. The Morgan fingerprint density at radius 3 is 2.27 bits per heavy atom. The highest BCUT2D eigenvalue weighted by molar-refractivity contribution is 7.99. The number of pyridine rings is 1. The molecular weight excluding hydrogens is 536 g/mol. The summed E-state index contributed by atoms with van der Waals surface area (Å²) >= 11 is 1.30. The van der Waals surface area contributed by atoms with Gasteiger partial charge in [-0.3, -0.25) is 28.8 Å². The van der Waals surface area contributed by atoms with Crippen LogP contribution in [-0.2, 0) is 17.8 Å². The standard InChI is InChI=1S/C31H26N6O3S/c38-27(33-19-22-11-4-5-17-32-22)20-41-31-35-34-26(37(31)23-12-2-1-3-13-23)16-8-18-36-29(39)24-14-6-9-21-10-7-15-25(28(21)24)30(36)40/h1-7,9-15,17H,8,16,18-20H2,(H,33,38). The number of amides is 3. The Balaban J connectivity index is 1.14. The van der Waals surface area contributed by atoms with E-state index in [1.807, 2.05) is 77.4 Å². The molecule has 0 unspecified atom stereocenters. The summed E-state index contributed by atoms with van der Waals surface area (Å²) in [6, 6.07) is 26.3. The van der Waals surface area contributed by atoms with Gasteiger partial charge in [-0.05, 0) is 48.2 Å². The third-order valence-electron chi connectivity index (χ3n) is 6.88. The largest absolute Gasteiger partial charge is 0.350 e. The Labute approximate surface area is 240 Å². The van der Waals surface area contributed by atoms with E-state index in [0.29, 0.717) is 41.5 Å². The number of thioether (sulfide) groups is 1. The van der Waals surface area contributed by atoms with Crippen LogP contribution in [0.5, 0.6) is 0 Å². The molecule has 1 N–H and O–H groups in total. The molecule has 0 fully saturated rings. The number of nitrogens with zero attached hydrogens (tertiary/aromatic N) is 5. The molecule has 3 aromatic carbocycles. The number of aryl methyl sites for hydroxylation is 1. The molecule has 1 aliphatic heterocycles. The first-order valence-electron chi connectivity index (χ1n) is 13.3. The molecule has 6 rings (SSSR count). The smallest absolute Gasteiger partial charge is 0.261 e. The van der Waals surface area contributed by atoms with Gasteiger partial charge in [-0.15, -0.1) is 10.2 Å². The number of carbonyl (C=O) groups excluding carboxylic acids is 3. The van der Waals surface area contributed by atoms with Crippen LogP contribution in [0, 0.1) is 0 Å². The summed E-state index contributed by atoms with van der Waals surface area (Å²) in [6.07, 6.45) is 2.68. The average Bonchev–Trinajstić information content (AvgIpc) is 3.42. The molecule has 1 aliphatic rings. The van der Waals surface area contributed by atoms with Gasteiger partial charge in [-0.25, -0.2) is 0 Å². The summed E-state index contributed by atoms with van der Waals surface area (Å²) in [5.41, 5.74) is 2.75. The molecule has 9 nitrogen and oxygen atoms in total. The molecule has 0 spiro atoms. The first-order chi connectivity index (χ1) is 20.1. The van der Waals surface area contributed by atoms with E-state index in [-0.39, 0.29) is 30.0 Å². The summed E-state index contributed by atoms with van der Waals surface area (Å²) in [6.45, 7) is 0.603. The van der Waals surface area contributed by atoms with Crippen molar-refractivity contribution in [3.8, 4) is 5.69 Å². The molecule has 0 saturated carbocycles. The summed E-state index contributed by atoms with van der Waals surface area (Å²) in [4.78, 5) is 44.6. The van der Waals surface area contributed by atoms with Crippen molar-refractivity contribution in [1.29, 1.82) is 0 Å². The molecule has 0 saturated heterocycles. The van der Waals surface area contributed by atoms with Crippen molar-refractivity contribution in [3.05, 3.63) is 114 Å². The number of aromatic nitrogens is 4. The average molecular weight is 563 g/mol. The monoisotopic (exact) mass is 562 g/mol. The first-order valence-corrected chi connectivity index (χ1v) is 14.3. The fraction of sp³-hybridized carbons (Fsp3) is 0.161. The molecule has 41 heavy (non-hydrogen) atoms. The number of para-hydroxylation sites is 1. The maximum Gasteiger partial charge on any atom is 0.261 e. The number of hydrogen-bond donors (Lipinski definition) is 1. The van der Waals surface area contributed by atoms with Crippen LogP contribution in [0.2, 0.25) is 0 Å². The fourth-order valence-electron chi connectivity index (χ4n) is 4.94. The van der Waals surface area contributed by atoms with Gasteiger partial charge in [-0.1, -0.05) is 60.3 Å². The summed E-state index contributed by atoms with van der Waals surface area (Å²) in [7, 11) is 0. The van der Waals surface area contributed by atoms with Crippen molar-refractivity contribution in [2.75, 3.05) is 12.3 Å². The molecule has 3 amide bonds. The van der Waals surface area contributed by atoms with Crippen molar-refractivity contribution in [2.45, 2.75) is 24.5 Å². The zero-order valence-electron chi connectivity index (χ0n) is 22.1. The second-order valence-corrected chi connectivity index (χ2v) is 10.5. The molecule has 0 radical (unpaired) electrons. The van der Waals surface area contributed by atoms with Gasteiger partial charge in [0.15, 0.2) is 5.16 Å². The summed E-state index contributed by atoms with van der Waals surface area (Å²) in [5, 5.41) is 13.9. The predicted molar refractivity (Wildman–Crippen MR) is 156 cm³/mol. The van der Waals surface area contributed by atoms with E-state index >= 15 is 0 Å². The van der Waals surface area contributed by atoms with Crippen molar-refractivity contribution < 1.29 is 14.4 Å². The van der Waals surface area contributed by atoms with Crippen LogP contribution in [0.3, 0.4) is 0 Å². The first kappa shape index (κ1) is 26.4. The minimum absolute atomic E-state index is 0.137. The highest BCUT2D eigenvalue weighted by Crippen LogP contribution is 2.30. The van der Waals surface area contributed by atoms with Crippen molar-refractivity contribution in [2.24, 2.45) is 0 Å². The van der Waals surface area contributed by atoms with E-state index in [2.05, 4.69) is 20.5 Å². The Morgan fingerprint density at radius 2 is 1.56 bits per heavy atom. The number of imide groups is 1. The number of carbonyl (C=O) groups is 3. The third kappa shape index (κ3) is 5.46. The van der Waals surface area contributed by atoms with E-state index in [9.17, 15) is 14.4 Å². The number of benzene rings is 3. The van der Waals surface area contributed by atoms with Gasteiger partial charge in [0.05, 0.1) is 18.0 Å². The van der Waals surface area contributed by atoms with Gasteiger partial charge in [0.1, 0.15) is 5.82 Å². The van der Waals surface area contributed by atoms with Crippen LogP contribution in [0.25, 0.3) is 16.5 Å². The van der Waals surface area contributed by atoms with Gasteiger partial charge in [0.25, 0.3) is 11.8 Å². The highest BCUT2D eigenvalue weighted by atomic mass is 32.2. The maximum absolute atomic E-state index is 13.3. The predicted octanol–water partition coefficient (Wildman–Crippen LogP) is 4.45. The van der Waals surface area contributed by atoms with Gasteiger partial charge >= 0.3 is 0 Å². The lowest BCUT2D eigenvalue weighted by Crippen LogP contribution is -2.41. The van der Waals surface area contributed by atoms with Crippen molar-refractivity contribution in [1.82, 2.24) is 30.0 Å². The Bertz CT molecular complexity index is 1690. The van der Waals surface area contributed by atoms with Crippen LogP contribution in [-0.4, -0.2) is 54.7 Å². The van der Waals surface area contributed by atoms with Crippen LogP contribution in [0.15, 0.2) is 96.3 Å². The van der Waals surface area contributed by atoms with Crippen molar-refractivity contribution >= 4 is 40.3 Å². The normalized spacial score (nSPS) is 12.6. The van der Waals surface area contributed by atoms with E-state index in [4.69, 9.17) is 0 Å². The minimum atomic E-state index is -0.281. The minimum Gasteiger partial charge on any atom is -0.350 e. The van der Waals surface area contributed by atoms with E-state index < -0.39 is 0 Å². The Morgan fingerprint density at radius 1 is 0.829 bits per heavy atom. The van der Waals surface area contributed by atoms with Gasteiger partial charge in [-0.2, -0.15) is 0 Å². The second kappa shape index (κ2) is 11.7. The van der Waals surface area contributed by atoms with E-state index in [1.54, 1.807) is 18.3 Å². The third-order valence-corrected chi connectivity index (χ3v) is 7.81. The van der Waals surface area contributed by atoms with Gasteiger partial charge < -0.3 is 5.32 Å². The van der Waals surface area contributed by atoms with E-state index in [0.717, 1.165) is 22.2 Å². The summed E-state index contributed by atoms with van der Waals surface area (Å²) < 4.78 is 1.92. The number of hydrogen-bond acceptors (Lipinski definition) is 7. The number of rotatable bonds is 10. The quantitative estimate of drug-likeness (QED) is 0.198. The lowest BCUT2D eigenvalue weighted by Gasteiger charge is -2.27. The molecule has 5 aromatic rings. The van der Waals surface area contributed by atoms with Crippen LogP contribution < -0.4 is 5.32 Å². The van der Waals surface area contributed by atoms with Gasteiger partial charge in [0, 0.05) is 41.4 Å². The van der Waals surface area contributed by atoms with E-state index in [1.165, 1.54) is 16.7 Å². The number of nitrogens with one attached hydrogen (secondary N) is 1. The Hall–Kier alpha value is -4.83. The molecule has 204 valence electrons. The van der Waals surface area contributed by atoms with Gasteiger partial charge in [0.2, 0.25) is 5.91 Å². The summed E-state index contributed by atoms with van der Waals surface area (Å²) in [5.74, 6) is 0.155. The molecule has 2 aromatic heterocycles. The Kier molecular flexibility index (Phi) is 7.55. The zero-order valence-corrected chi connectivity index (χ0v) is 22.9. The molecular formula is C31H26N6O3S. The lowest BCUT2D eigenvalue weighted by atomic mass is 9.94. The highest BCUT2D eigenvalue weighted by Gasteiger charge is 2.32. The molecule has 0 atom stereocenters.